The maximum absolute atomic E-state index is 3.63. The third-order valence-corrected chi connectivity index (χ3v) is 8.34. The van der Waals surface area contributed by atoms with E-state index >= 15 is 0 Å². The van der Waals surface area contributed by atoms with Crippen LogP contribution in [0.3, 0.4) is 0 Å². The average Bonchev–Trinajstić information content (AvgIpc) is 2.71. The van der Waals surface area contributed by atoms with E-state index in [1.807, 2.05) is 11.9 Å². The van der Waals surface area contributed by atoms with E-state index in [1.54, 1.807) is 0 Å². The fourth-order valence-electron chi connectivity index (χ4n) is 4.76. The van der Waals surface area contributed by atoms with Gasteiger partial charge >= 0.3 is 0 Å². The van der Waals surface area contributed by atoms with Crippen molar-refractivity contribution in [1.82, 2.24) is 4.72 Å². The van der Waals surface area contributed by atoms with E-state index in [9.17, 15) is 0 Å². The Kier molecular flexibility index (Phi) is 18.4. The summed E-state index contributed by atoms with van der Waals surface area (Å²) in [5.74, 6) is 3.86. The van der Waals surface area contributed by atoms with Crippen LogP contribution in [0.25, 0.3) is 0 Å². The lowest BCUT2D eigenvalue weighted by atomic mass is 9.58. The van der Waals surface area contributed by atoms with Gasteiger partial charge in [0.1, 0.15) is 7.28 Å². The van der Waals surface area contributed by atoms with E-state index in [0.29, 0.717) is 5.41 Å². The summed E-state index contributed by atoms with van der Waals surface area (Å²) in [6.07, 6.45) is 16.6. The van der Waals surface area contributed by atoms with Crippen LogP contribution >= 0.6 is 11.9 Å². The molecular weight excluding hydrogens is 357 g/mol. The molecule has 28 heavy (non-hydrogen) atoms. The van der Waals surface area contributed by atoms with Crippen LogP contribution in [0.5, 0.6) is 0 Å². The first-order chi connectivity index (χ1) is 13.5. The molecule has 168 valence electrons. The van der Waals surface area contributed by atoms with Gasteiger partial charge in [0, 0.05) is 12.3 Å². The molecule has 0 aliphatic heterocycles. The fourth-order valence-corrected chi connectivity index (χ4v) is 5.71. The number of rotatable bonds is 20. The molecule has 1 nitrogen and oxygen atoms in total. The SMILES string of the molecule is CCBCCC(C)C(CCCC)(CCCCNSCCC(C)CC)C(C)CC. The molecule has 0 aromatic heterocycles. The molecule has 0 saturated heterocycles. The lowest BCUT2D eigenvalue weighted by molar-refractivity contribution is 0.0540. The Balaban J connectivity index is 4.53. The monoisotopic (exact) mass is 411 g/mol. The van der Waals surface area contributed by atoms with Crippen LogP contribution in [-0.2, 0) is 0 Å². The largest absolute Gasteiger partial charge is 0.264 e. The van der Waals surface area contributed by atoms with Crippen molar-refractivity contribution in [2.45, 2.75) is 125 Å². The molecule has 0 bridgehead atoms. The molecular formula is C25H54BNS. The van der Waals surface area contributed by atoms with Crippen molar-refractivity contribution in [3.8, 4) is 0 Å². The van der Waals surface area contributed by atoms with Crippen LogP contribution in [0.15, 0.2) is 0 Å². The minimum absolute atomic E-state index is 0.572. The third-order valence-electron chi connectivity index (χ3n) is 7.49. The van der Waals surface area contributed by atoms with Crippen molar-refractivity contribution in [2.75, 3.05) is 12.3 Å². The minimum Gasteiger partial charge on any atom is -0.264 e. The highest BCUT2D eigenvalue weighted by Crippen LogP contribution is 2.48. The van der Waals surface area contributed by atoms with Crippen molar-refractivity contribution >= 4 is 19.2 Å². The Morgan fingerprint density at radius 1 is 0.857 bits per heavy atom. The van der Waals surface area contributed by atoms with Gasteiger partial charge in [0.2, 0.25) is 0 Å². The number of hydrogen-bond donors (Lipinski definition) is 1. The highest BCUT2D eigenvalue weighted by Gasteiger charge is 2.38. The molecule has 0 aliphatic rings. The second kappa shape index (κ2) is 18.2. The number of nitrogens with one attached hydrogen (secondary N) is 1. The molecule has 0 fully saturated rings. The lowest BCUT2D eigenvalue weighted by Gasteiger charge is -2.45. The molecule has 4 atom stereocenters. The van der Waals surface area contributed by atoms with Gasteiger partial charge in [0.05, 0.1) is 0 Å². The summed E-state index contributed by atoms with van der Waals surface area (Å²) in [6.45, 7) is 18.1. The highest BCUT2D eigenvalue weighted by molar-refractivity contribution is 7.97. The molecule has 4 unspecified atom stereocenters. The van der Waals surface area contributed by atoms with Crippen molar-refractivity contribution in [3.63, 3.8) is 0 Å². The predicted octanol–water partition coefficient (Wildman–Crippen LogP) is 8.37. The van der Waals surface area contributed by atoms with Gasteiger partial charge in [0.15, 0.2) is 0 Å². The molecule has 0 amide bonds. The Hall–Kier alpha value is 0.375. The molecule has 0 spiro atoms. The van der Waals surface area contributed by atoms with E-state index in [0.717, 1.165) is 17.8 Å². The van der Waals surface area contributed by atoms with Crippen LogP contribution in [0, 0.1) is 23.2 Å². The summed E-state index contributed by atoms with van der Waals surface area (Å²) in [7, 11) is 1.41. The molecule has 0 saturated carbocycles. The van der Waals surface area contributed by atoms with E-state index < -0.39 is 0 Å². The Morgan fingerprint density at radius 3 is 2.18 bits per heavy atom. The number of unbranched alkanes of at least 4 members (excludes halogenated alkanes) is 2. The second-order valence-corrected chi connectivity index (χ2v) is 10.5. The first-order valence-electron chi connectivity index (χ1n) is 12.8. The predicted molar refractivity (Wildman–Crippen MR) is 136 cm³/mol. The maximum Gasteiger partial charge on any atom is 0.120 e. The summed E-state index contributed by atoms with van der Waals surface area (Å²) >= 11 is 1.95. The average molecular weight is 412 g/mol. The molecule has 1 N–H and O–H groups in total. The van der Waals surface area contributed by atoms with Gasteiger partial charge in [0.25, 0.3) is 0 Å². The molecule has 0 radical (unpaired) electrons. The summed E-state index contributed by atoms with van der Waals surface area (Å²) in [4.78, 5) is 0. The molecule has 0 rings (SSSR count). The van der Waals surface area contributed by atoms with Gasteiger partial charge in [-0.3, -0.25) is 4.72 Å². The van der Waals surface area contributed by atoms with Gasteiger partial charge in [-0.05, 0) is 48.9 Å². The zero-order chi connectivity index (χ0) is 21.3. The Morgan fingerprint density at radius 2 is 1.57 bits per heavy atom. The van der Waals surface area contributed by atoms with E-state index in [1.165, 1.54) is 96.4 Å². The smallest absolute Gasteiger partial charge is 0.120 e. The van der Waals surface area contributed by atoms with E-state index in [-0.39, 0.29) is 0 Å². The number of hydrogen-bond acceptors (Lipinski definition) is 2. The third kappa shape index (κ3) is 11.5. The zero-order valence-electron chi connectivity index (χ0n) is 20.7. The van der Waals surface area contributed by atoms with Crippen molar-refractivity contribution in [3.05, 3.63) is 0 Å². The van der Waals surface area contributed by atoms with Gasteiger partial charge < -0.3 is 0 Å². The lowest BCUT2D eigenvalue weighted by Crippen LogP contribution is -2.36. The normalized spacial score (nSPS) is 17.1. The van der Waals surface area contributed by atoms with Crippen LogP contribution in [-0.4, -0.2) is 19.6 Å². The summed E-state index contributed by atoms with van der Waals surface area (Å²) in [5, 5.41) is 0. The molecule has 0 aliphatic carbocycles. The zero-order valence-corrected chi connectivity index (χ0v) is 21.6. The highest BCUT2D eigenvalue weighted by atomic mass is 32.2. The van der Waals surface area contributed by atoms with Crippen molar-refractivity contribution < 1.29 is 0 Å². The second-order valence-electron chi connectivity index (χ2n) is 9.54. The van der Waals surface area contributed by atoms with Crippen LogP contribution in [0.2, 0.25) is 12.6 Å². The fraction of sp³-hybridized carbons (Fsp3) is 1.00. The van der Waals surface area contributed by atoms with Gasteiger partial charge in [-0.2, -0.15) is 0 Å². The quantitative estimate of drug-likeness (QED) is 0.123. The molecule has 0 aromatic carbocycles. The Bertz CT molecular complexity index is 339. The van der Waals surface area contributed by atoms with Crippen LogP contribution < -0.4 is 4.72 Å². The Labute approximate surface area is 184 Å². The van der Waals surface area contributed by atoms with Crippen LogP contribution in [0.1, 0.15) is 113 Å². The minimum atomic E-state index is 0.572. The summed E-state index contributed by atoms with van der Waals surface area (Å²) in [5.41, 5.74) is 0.572. The molecule has 3 heteroatoms. The summed E-state index contributed by atoms with van der Waals surface area (Å²) in [6, 6.07) is 0. The van der Waals surface area contributed by atoms with Crippen molar-refractivity contribution in [2.24, 2.45) is 23.2 Å². The first-order valence-corrected chi connectivity index (χ1v) is 13.8. The van der Waals surface area contributed by atoms with E-state index in [2.05, 4.69) is 53.2 Å². The van der Waals surface area contributed by atoms with Crippen LogP contribution in [0.4, 0.5) is 0 Å². The maximum atomic E-state index is 3.63. The standard InChI is InChI=1S/C25H54BNS/c1-8-12-17-25(23(6)10-3,24(7)15-19-26-11-4)18-13-14-20-27-28-21-16-22(5)9-2/h22-24,26-27H,8-21H2,1-7H3. The topological polar surface area (TPSA) is 12.0 Å². The first kappa shape index (κ1) is 28.4. The molecule has 0 heterocycles. The summed E-state index contributed by atoms with van der Waals surface area (Å²) < 4.78 is 3.63. The van der Waals surface area contributed by atoms with E-state index in [4.69, 9.17) is 0 Å². The molecule has 0 aromatic rings. The van der Waals surface area contributed by atoms with Gasteiger partial charge in [-0.1, -0.05) is 112 Å². The van der Waals surface area contributed by atoms with Gasteiger partial charge in [-0.15, -0.1) is 0 Å². The van der Waals surface area contributed by atoms with Gasteiger partial charge in [-0.25, -0.2) is 0 Å². The van der Waals surface area contributed by atoms with Crippen molar-refractivity contribution in [1.29, 1.82) is 0 Å².